The number of aliphatic imine (C=N–C) groups is 1. The molecule has 2 N–H and O–H groups in total. The first-order valence-corrected chi connectivity index (χ1v) is 8.27. The first kappa shape index (κ1) is 16.3. The fraction of sp³-hybridized carbons (Fsp3) is 0.471. The van der Waals surface area contributed by atoms with Crippen LogP contribution in [0.25, 0.3) is 0 Å². The Morgan fingerprint density at radius 3 is 2.79 bits per heavy atom. The standard InChI is InChI=1S/C17H25N7/c1-13-4-6-15(7-5-13)24-9-8-14(11-24)22-17(18-2)19-10-16-20-12-21-23(16)3/h4-7,12,14H,8-11H2,1-3H3,(H2,18,19,22). The number of nitrogens with one attached hydrogen (secondary N) is 2. The van der Waals surface area contributed by atoms with Crippen molar-refractivity contribution in [3.63, 3.8) is 0 Å². The molecule has 1 aliphatic rings. The van der Waals surface area contributed by atoms with Crippen LogP contribution in [0.1, 0.15) is 17.8 Å². The first-order valence-electron chi connectivity index (χ1n) is 8.27. The SMILES string of the molecule is CN=C(NCc1ncnn1C)NC1CCN(c2ccc(C)cc2)C1. The third-order valence-corrected chi connectivity index (χ3v) is 4.37. The van der Waals surface area contributed by atoms with Crippen LogP contribution < -0.4 is 15.5 Å². The molecule has 2 heterocycles. The molecule has 7 nitrogen and oxygen atoms in total. The Labute approximate surface area is 142 Å². The topological polar surface area (TPSA) is 70.4 Å². The summed E-state index contributed by atoms with van der Waals surface area (Å²) >= 11 is 0. The molecule has 1 atom stereocenters. The lowest BCUT2D eigenvalue weighted by Gasteiger charge is -2.20. The zero-order valence-corrected chi connectivity index (χ0v) is 14.5. The van der Waals surface area contributed by atoms with E-state index in [1.54, 1.807) is 18.1 Å². The molecule has 1 fully saturated rings. The summed E-state index contributed by atoms with van der Waals surface area (Å²) in [6.07, 6.45) is 2.65. The van der Waals surface area contributed by atoms with Gasteiger partial charge in [0.1, 0.15) is 12.2 Å². The maximum absolute atomic E-state index is 4.31. The average molecular weight is 327 g/mol. The number of anilines is 1. The van der Waals surface area contributed by atoms with Gasteiger partial charge in [-0.15, -0.1) is 0 Å². The van der Waals surface area contributed by atoms with Crippen LogP contribution in [0, 0.1) is 6.92 Å². The molecule has 0 bridgehead atoms. The van der Waals surface area contributed by atoms with Crippen LogP contribution in [0.15, 0.2) is 35.6 Å². The smallest absolute Gasteiger partial charge is 0.191 e. The van der Waals surface area contributed by atoms with E-state index in [9.17, 15) is 0 Å². The lowest BCUT2D eigenvalue weighted by Crippen LogP contribution is -2.44. The maximum atomic E-state index is 4.31. The molecule has 0 aliphatic carbocycles. The van der Waals surface area contributed by atoms with Gasteiger partial charge in [-0.25, -0.2) is 4.98 Å². The number of aromatic nitrogens is 3. The van der Waals surface area contributed by atoms with E-state index in [0.717, 1.165) is 31.3 Å². The largest absolute Gasteiger partial charge is 0.369 e. The average Bonchev–Trinajstić information content (AvgIpc) is 3.21. The summed E-state index contributed by atoms with van der Waals surface area (Å²) in [7, 11) is 3.68. The lowest BCUT2D eigenvalue weighted by atomic mass is 10.2. The van der Waals surface area contributed by atoms with E-state index in [1.807, 2.05) is 7.05 Å². The molecule has 0 radical (unpaired) electrons. The minimum atomic E-state index is 0.386. The Kier molecular flexibility index (Phi) is 4.98. The number of rotatable bonds is 4. The fourth-order valence-electron chi connectivity index (χ4n) is 2.90. The molecular formula is C17H25N7. The van der Waals surface area contributed by atoms with Crippen molar-refractivity contribution in [2.45, 2.75) is 25.9 Å². The molecule has 1 aromatic carbocycles. The Bertz CT molecular complexity index is 689. The highest BCUT2D eigenvalue weighted by molar-refractivity contribution is 5.80. The van der Waals surface area contributed by atoms with Gasteiger partial charge in [-0.2, -0.15) is 5.10 Å². The second-order valence-corrected chi connectivity index (χ2v) is 6.14. The summed E-state index contributed by atoms with van der Waals surface area (Å²) in [4.78, 5) is 10.9. The van der Waals surface area contributed by atoms with Gasteiger partial charge in [-0.3, -0.25) is 9.67 Å². The summed E-state index contributed by atoms with van der Waals surface area (Å²) in [5.74, 6) is 1.68. The Hall–Kier alpha value is -2.57. The van der Waals surface area contributed by atoms with Gasteiger partial charge < -0.3 is 15.5 Å². The van der Waals surface area contributed by atoms with E-state index in [4.69, 9.17) is 0 Å². The van der Waals surface area contributed by atoms with Crippen molar-refractivity contribution in [2.75, 3.05) is 25.0 Å². The van der Waals surface area contributed by atoms with Crippen LogP contribution in [-0.2, 0) is 13.6 Å². The molecule has 0 amide bonds. The number of nitrogens with zero attached hydrogens (tertiary/aromatic N) is 5. The van der Waals surface area contributed by atoms with Crippen LogP contribution in [0.3, 0.4) is 0 Å². The van der Waals surface area contributed by atoms with E-state index >= 15 is 0 Å². The van der Waals surface area contributed by atoms with Crippen LogP contribution in [0.2, 0.25) is 0 Å². The van der Waals surface area contributed by atoms with E-state index in [0.29, 0.717) is 12.6 Å². The van der Waals surface area contributed by atoms with Crippen molar-refractivity contribution in [2.24, 2.45) is 12.0 Å². The number of hydrogen-bond donors (Lipinski definition) is 2. The van der Waals surface area contributed by atoms with Crippen LogP contribution in [0.5, 0.6) is 0 Å². The summed E-state index contributed by atoms with van der Waals surface area (Å²) in [5.41, 5.74) is 2.58. The molecular weight excluding hydrogens is 302 g/mol. The van der Waals surface area contributed by atoms with Gasteiger partial charge >= 0.3 is 0 Å². The lowest BCUT2D eigenvalue weighted by molar-refractivity contribution is 0.632. The van der Waals surface area contributed by atoms with Crippen LogP contribution >= 0.6 is 0 Å². The second-order valence-electron chi connectivity index (χ2n) is 6.14. The van der Waals surface area contributed by atoms with Gasteiger partial charge in [0, 0.05) is 38.9 Å². The number of aryl methyl sites for hydroxylation is 2. The van der Waals surface area contributed by atoms with Gasteiger partial charge in [-0.05, 0) is 25.5 Å². The molecule has 128 valence electrons. The van der Waals surface area contributed by atoms with Gasteiger partial charge in [0.25, 0.3) is 0 Å². The van der Waals surface area contributed by atoms with Crippen molar-refractivity contribution in [1.82, 2.24) is 25.4 Å². The maximum Gasteiger partial charge on any atom is 0.191 e. The minimum absolute atomic E-state index is 0.386. The van der Waals surface area contributed by atoms with E-state index in [2.05, 4.69) is 61.8 Å². The van der Waals surface area contributed by atoms with Gasteiger partial charge in [0.2, 0.25) is 0 Å². The van der Waals surface area contributed by atoms with E-state index in [-0.39, 0.29) is 0 Å². The van der Waals surface area contributed by atoms with Crippen molar-refractivity contribution in [3.8, 4) is 0 Å². The molecule has 7 heteroatoms. The van der Waals surface area contributed by atoms with Crippen molar-refractivity contribution >= 4 is 11.6 Å². The summed E-state index contributed by atoms with van der Waals surface area (Å²) in [5, 5.41) is 10.9. The molecule has 1 aliphatic heterocycles. The molecule has 1 saturated heterocycles. The first-order chi connectivity index (χ1) is 11.7. The number of hydrogen-bond acceptors (Lipinski definition) is 4. The van der Waals surface area contributed by atoms with Crippen molar-refractivity contribution in [3.05, 3.63) is 42.0 Å². The van der Waals surface area contributed by atoms with E-state index < -0.39 is 0 Å². The van der Waals surface area contributed by atoms with Crippen molar-refractivity contribution in [1.29, 1.82) is 0 Å². The molecule has 3 rings (SSSR count). The third kappa shape index (κ3) is 3.84. The van der Waals surface area contributed by atoms with Crippen molar-refractivity contribution < 1.29 is 0 Å². The zero-order chi connectivity index (χ0) is 16.9. The highest BCUT2D eigenvalue weighted by Gasteiger charge is 2.23. The Balaban J connectivity index is 1.52. The van der Waals surface area contributed by atoms with Crippen LogP contribution in [-0.4, -0.2) is 46.9 Å². The fourth-order valence-corrected chi connectivity index (χ4v) is 2.90. The molecule has 24 heavy (non-hydrogen) atoms. The molecule has 0 saturated carbocycles. The quantitative estimate of drug-likeness (QED) is 0.649. The van der Waals surface area contributed by atoms with Gasteiger partial charge in [0.05, 0.1) is 6.54 Å². The number of guanidine groups is 1. The summed E-state index contributed by atoms with van der Waals surface area (Å²) < 4.78 is 1.76. The predicted molar refractivity (Wildman–Crippen MR) is 96.1 cm³/mol. The Morgan fingerprint density at radius 1 is 1.33 bits per heavy atom. The van der Waals surface area contributed by atoms with Gasteiger partial charge in [-0.1, -0.05) is 17.7 Å². The normalized spacial score (nSPS) is 18.0. The highest BCUT2D eigenvalue weighted by atomic mass is 15.3. The third-order valence-electron chi connectivity index (χ3n) is 4.37. The molecule has 2 aromatic rings. The van der Waals surface area contributed by atoms with E-state index in [1.165, 1.54) is 11.3 Å². The summed E-state index contributed by atoms with van der Waals surface area (Å²) in [6, 6.07) is 9.10. The Morgan fingerprint density at radius 2 is 2.12 bits per heavy atom. The minimum Gasteiger partial charge on any atom is -0.369 e. The molecule has 1 aromatic heterocycles. The summed E-state index contributed by atoms with van der Waals surface area (Å²) in [6.45, 7) is 4.75. The number of benzene rings is 1. The highest BCUT2D eigenvalue weighted by Crippen LogP contribution is 2.20. The van der Waals surface area contributed by atoms with Crippen LogP contribution in [0.4, 0.5) is 5.69 Å². The predicted octanol–water partition coefficient (Wildman–Crippen LogP) is 1.07. The van der Waals surface area contributed by atoms with Gasteiger partial charge in [0.15, 0.2) is 5.96 Å². The monoisotopic (exact) mass is 327 g/mol. The second kappa shape index (κ2) is 7.33. The zero-order valence-electron chi connectivity index (χ0n) is 14.5. The molecule has 1 unspecified atom stereocenters. The molecule has 0 spiro atoms.